The second-order valence-electron chi connectivity index (χ2n) is 5.90. The van der Waals surface area contributed by atoms with Crippen LogP contribution >= 0.6 is 35.3 Å². The Morgan fingerprint density at radius 3 is 2.89 bits per heavy atom. The van der Waals surface area contributed by atoms with Gasteiger partial charge >= 0.3 is 0 Å². The van der Waals surface area contributed by atoms with E-state index in [0.29, 0.717) is 16.8 Å². The molecule has 0 saturated heterocycles. The lowest BCUT2D eigenvalue weighted by Gasteiger charge is -2.27. The number of para-hydroxylation sites is 1. The lowest BCUT2D eigenvalue weighted by Crippen LogP contribution is -2.38. The van der Waals surface area contributed by atoms with Crippen molar-refractivity contribution in [3.8, 4) is 5.75 Å². The summed E-state index contributed by atoms with van der Waals surface area (Å²) in [7, 11) is -1.91. The first-order valence-corrected chi connectivity index (χ1v) is 10.6. The van der Waals surface area contributed by atoms with E-state index < -0.39 is 10.0 Å². The number of fused-ring (bicyclic) bond motifs is 1. The number of likely N-dealkylation sites (N-methyl/N-ethyl adjacent to an activating group) is 1. The van der Waals surface area contributed by atoms with E-state index in [1.165, 1.54) is 15.6 Å². The average molecular weight is 522 g/mol. The molecule has 1 aliphatic heterocycles. The van der Waals surface area contributed by atoms with Crippen molar-refractivity contribution in [2.45, 2.75) is 16.7 Å². The molecule has 1 aromatic heterocycles. The van der Waals surface area contributed by atoms with Gasteiger partial charge in [-0.1, -0.05) is 24.3 Å². The van der Waals surface area contributed by atoms with Crippen molar-refractivity contribution in [1.82, 2.24) is 9.62 Å². The van der Waals surface area contributed by atoms with Gasteiger partial charge in [0.15, 0.2) is 5.96 Å². The van der Waals surface area contributed by atoms with Crippen LogP contribution in [-0.2, 0) is 10.0 Å². The third-order valence-electron chi connectivity index (χ3n) is 4.14. The zero-order valence-electron chi connectivity index (χ0n) is 14.9. The molecule has 0 spiro atoms. The first-order valence-electron chi connectivity index (χ1n) is 8.26. The number of ether oxygens (including phenoxy) is 1. The van der Waals surface area contributed by atoms with Crippen LogP contribution in [0, 0.1) is 0 Å². The Morgan fingerprint density at radius 1 is 1.37 bits per heavy atom. The van der Waals surface area contributed by atoms with Gasteiger partial charge < -0.3 is 15.8 Å². The van der Waals surface area contributed by atoms with Crippen molar-refractivity contribution in [1.29, 1.82) is 0 Å². The number of hydrogen-bond acceptors (Lipinski definition) is 5. The minimum absolute atomic E-state index is 0. The van der Waals surface area contributed by atoms with Crippen LogP contribution in [0.5, 0.6) is 5.75 Å². The lowest BCUT2D eigenvalue weighted by molar-refractivity contribution is 0.262. The Morgan fingerprint density at radius 2 is 2.15 bits per heavy atom. The molecule has 0 amide bonds. The van der Waals surface area contributed by atoms with Crippen LogP contribution in [0.1, 0.15) is 18.0 Å². The summed E-state index contributed by atoms with van der Waals surface area (Å²) in [6, 6.07) is 11.2. The molecule has 3 N–H and O–H groups in total. The average Bonchev–Trinajstić information content (AvgIpc) is 3.17. The van der Waals surface area contributed by atoms with Crippen LogP contribution in [-0.4, -0.2) is 45.4 Å². The van der Waals surface area contributed by atoms with Crippen LogP contribution in [0.25, 0.3) is 0 Å². The molecule has 27 heavy (non-hydrogen) atoms. The molecule has 148 valence electrons. The highest BCUT2D eigenvalue weighted by molar-refractivity contribution is 14.0. The molecule has 2 heterocycles. The fourth-order valence-electron chi connectivity index (χ4n) is 2.71. The number of thiophene rings is 1. The largest absolute Gasteiger partial charge is 0.493 e. The highest BCUT2D eigenvalue weighted by atomic mass is 127. The predicted octanol–water partition coefficient (Wildman–Crippen LogP) is 2.41. The molecular weight excluding hydrogens is 499 g/mol. The number of guanidine groups is 1. The van der Waals surface area contributed by atoms with Gasteiger partial charge in [0, 0.05) is 25.6 Å². The standard InChI is InChI=1S/C17H22N4O3S2.HI/c1-21(26(22,23)16-7-4-12-25-16)10-9-19-17(18)20-14-8-11-24-15-6-3-2-5-13(14)15;/h2-7,12,14H,8-11H2,1H3,(H3,18,19,20);1H. The molecule has 3 rings (SSSR count). The maximum absolute atomic E-state index is 12.4. The van der Waals surface area contributed by atoms with E-state index in [4.69, 9.17) is 10.5 Å². The first-order chi connectivity index (χ1) is 12.5. The summed E-state index contributed by atoms with van der Waals surface area (Å²) in [5, 5.41) is 4.94. The molecule has 1 atom stereocenters. The first kappa shape index (κ1) is 21.9. The quantitative estimate of drug-likeness (QED) is 0.345. The highest BCUT2D eigenvalue weighted by Gasteiger charge is 2.22. The van der Waals surface area contributed by atoms with E-state index in [-0.39, 0.29) is 43.1 Å². The lowest BCUT2D eigenvalue weighted by atomic mass is 10.0. The van der Waals surface area contributed by atoms with Gasteiger partial charge in [-0.05, 0) is 17.5 Å². The van der Waals surface area contributed by atoms with E-state index in [1.807, 2.05) is 24.3 Å². The minimum Gasteiger partial charge on any atom is -0.493 e. The van der Waals surface area contributed by atoms with Crippen LogP contribution in [0.4, 0.5) is 0 Å². The minimum atomic E-state index is -3.46. The van der Waals surface area contributed by atoms with Crippen molar-refractivity contribution in [2.24, 2.45) is 10.7 Å². The third-order valence-corrected chi connectivity index (χ3v) is 7.37. The number of nitrogens with one attached hydrogen (secondary N) is 1. The van der Waals surface area contributed by atoms with E-state index >= 15 is 0 Å². The van der Waals surface area contributed by atoms with Gasteiger partial charge in [-0.3, -0.25) is 4.99 Å². The Labute approximate surface area is 180 Å². The zero-order valence-corrected chi connectivity index (χ0v) is 18.8. The fourth-order valence-corrected chi connectivity index (χ4v) is 5.07. The smallest absolute Gasteiger partial charge is 0.252 e. The number of benzene rings is 1. The van der Waals surface area contributed by atoms with Crippen LogP contribution in [0.2, 0.25) is 0 Å². The molecule has 0 aliphatic carbocycles. The number of halogens is 1. The van der Waals surface area contributed by atoms with Gasteiger partial charge in [0.25, 0.3) is 10.0 Å². The number of aliphatic imine (C=N–C) groups is 1. The van der Waals surface area contributed by atoms with Crippen molar-refractivity contribution in [2.75, 3.05) is 26.7 Å². The number of nitrogens with two attached hydrogens (primary N) is 1. The van der Waals surface area contributed by atoms with Crippen LogP contribution < -0.4 is 15.8 Å². The molecule has 0 radical (unpaired) electrons. The molecule has 1 aromatic carbocycles. The van der Waals surface area contributed by atoms with Gasteiger partial charge in [0.1, 0.15) is 9.96 Å². The maximum atomic E-state index is 12.4. The second-order valence-corrected chi connectivity index (χ2v) is 9.12. The van der Waals surface area contributed by atoms with E-state index in [9.17, 15) is 8.42 Å². The number of nitrogens with zero attached hydrogens (tertiary/aromatic N) is 2. The Kier molecular flexibility index (Phi) is 7.89. The van der Waals surface area contributed by atoms with Crippen molar-refractivity contribution >= 4 is 51.3 Å². The van der Waals surface area contributed by atoms with Crippen molar-refractivity contribution in [3.05, 3.63) is 47.3 Å². The molecule has 10 heteroatoms. The summed E-state index contributed by atoms with van der Waals surface area (Å²) in [5.74, 6) is 1.15. The molecular formula is C17H23IN4O3S2. The molecule has 0 bridgehead atoms. The normalized spacial score (nSPS) is 17.0. The molecule has 7 nitrogen and oxygen atoms in total. The van der Waals surface area contributed by atoms with Gasteiger partial charge in [-0.2, -0.15) is 4.31 Å². The highest BCUT2D eigenvalue weighted by Crippen LogP contribution is 2.31. The second kappa shape index (κ2) is 9.71. The molecule has 1 aliphatic rings. The summed E-state index contributed by atoms with van der Waals surface area (Å²) in [6.45, 7) is 1.15. The Hall–Kier alpha value is -1.37. The van der Waals surface area contributed by atoms with Crippen LogP contribution in [0.15, 0.2) is 51.0 Å². The van der Waals surface area contributed by atoms with E-state index in [2.05, 4.69) is 10.3 Å². The SMILES string of the molecule is CN(CCN=C(N)NC1CCOc2ccccc21)S(=O)(=O)c1cccs1.I. The van der Waals surface area contributed by atoms with Gasteiger partial charge in [-0.25, -0.2) is 8.42 Å². The fraction of sp³-hybridized carbons (Fsp3) is 0.353. The number of hydrogen-bond donors (Lipinski definition) is 2. The summed E-state index contributed by atoms with van der Waals surface area (Å²) in [6.07, 6.45) is 0.792. The van der Waals surface area contributed by atoms with Gasteiger partial charge in [0.05, 0.1) is 19.2 Å². The van der Waals surface area contributed by atoms with E-state index in [0.717, 1.165) is 17.7 Å². The predicted molar refractivity (Wildman–Crippen MR) is 118 cm³/mol. The van der Waals surface area contributed by atoms with Crippen molar-refractivity contribution in [3.63, 3.8) is 0 Å². The zero-order chi connectivity index (χ0) is 18.6. The number of rotatable bonds is 6. The topological polar surface area (TPSA) is 97.0 Å². The third kappa shape index (κ3) is 5.33. The maximum Gasteiger partial charge on any atom is 0.252 e. The number of sulfonamides is 1. The van der Waals surface area contributed by atoms with E-state index in [1.54, 1.807) is 24.6 Å². The Balaban J connectivity index is 0.00000261. The van der Waals surface area contributed by atoms with Crippen molar-refractivity contribution < 1.29 is 13.2 Å². The molecule has 0 fully saturated rings. The monoisotopic (exact) mass is 522 g/mol. The van der Waals surface area contributed by atoms with Gasteiger partial charge in [0.2, 0.25) is 0 Å². The molecule has 0 saturated carbocycles. The molecule has 1 unspecified atom stereocenters. The summed E-state index contributed by atoms with van der Waals surface area (Å²) < 4.78 is 31.9. The summed E-state index contributed by atoms with van der Waals surface area (Å²) >= 11 is 1.20. The summed E-state index contributed by atoms with van der Waals surface area (Å²) in [4.78, 5) is 4.27. The van der Waals surface area contributed by atoms with Gasteiger partial charge in [-0.15, -0.1) is 35.3 Å². The van der Waals surface area contributed by atoms with Crippen LogP contribution in [0.3, 0.4) is 0 Å². The Bertz CT molecular complexity index is 872. The summed E-state index contributed by atoms with van der Waals surface area (Å²) in [5.41, 5.74) is 7.03. The molecule has 2 aromatic rings.